The van der Waals surface area contributed by atoms with Crippen molar-refractivity contribution in [2.75, 3.05) is 11.1 Å². The van der Waals surface area contributed by atoms with Crippen LogP contribution < -0.4 is 11.1 Å². The normalized spacial score (nSPS) is 18.6. The fourth-order valence-corrected chi connectivity index (χ4v) is 2.01. The molecule has 86 valence electrons. The molecule has 2 aromatic rings. The standard InChI is InChI=1S/C11H11N5O/c12-10-14-11-13-9(17)6-8(16(11)15-10)7-4-2-1-3-5-7/h1-5,8H,6H2,(H3,12,13,14,15,17)/t8-/m0/s1. The van der Waals surface area contributed by atoms with Crippen molar-refractivity contribution in [3.8, 4) is 0 Å². The van der Waals surface area contributed by atoms with Gasteiger partial charge in [0.05, 0.1) is 12.5 Å². The van der Waals surface area contributed by atoms with Gasteiger partial charge in [-0.25, -0.2) is 4.68 Å². The van der Waals surface area contributed by atoms with Crippen LogP contribution in [0.4, 0.5) is 11.9 Å². The second-order valence-electron chi connectivity index (χ2n) is 3.92. The van der Waals surface area contributed by atoms with Crippen LogP contribution in [0.1, 0.15) is 18.0 Å². The number of nitrogens with two attached hydrogens (primary N) is 1. The Labute approximate surface area is 97.5 Å². The predicted molar refractivity (Wildman–Crippen MR) is 62.3 cm³/mol. The van der Waals surface area contributed by atoms with E-state index in [4.69, 9.17) is 5.73 Å². The summed E-state index contributed by atoms with van der Waals surface area (Å²) in [6.45, 7) is 0. The summed E-state index contributed by atoms with van der Waals surface area (Å²) in [4.78, 5) is 15.6. The molecule has 6 nitrogen and oxygen atoms in total. The molecule has 17 heavy (non-hydrogen) atoms. The third kappa shape index (κ3) is 1.63. The molecule has 3 rings (SSSR count). The summed E-state index contributed by atoms with van der Waals surface area (Å²) in [5, 5.41) is 6.76. The first kappa shape index (κ1) is 9.83. The first-order valence-electron chi connectivity index (χ1n) is 5.31. The maximum atomic E-state index is 11.6. The Bertz CT molecular complexity index is 562. The number of nitrogens with one attached hydrogen (secondary N) is 1. The van der Waals surface area contributed by atoms with E-state index in [0.29, 0.717) is 12.4 Å². The number of hydrogen-bond acceptors (Lipinski definition) is 4. The summed E-state index contributed by atoms with van der Waals surface area (Å²) in [7, 11) is 0. The molecule has 0 spiro atoms. The summed E-state index contributed by atoms with van der Waals surface area (Å²) >= 11 is 0. The lowest BCUT2D eigenvalue weighted by Crippen LogP contribution is -2.29. The van der Waals surface area contributed by atoms with Crippen molar-refractivity contribution >= 4 is 17.8 Å². The van der Waals surface area contributed by atoms with Crippen molar-refractivity contribution in [2.45, 2.75) is 12.5 Å². The largest absolute Gasteiger partial charge is 0.366 e. The van der Waals surface area contributed by atoms with E-state index < -0.39 is 0 Å². The van der Waals surface area contributed by atoms with Gasteiger partial charge in [0.25, 0.3) is 0 Å². The molecule has 3 N–H and O–H groups in total. The van der Waals surface area contributed by atoms with Crippen LogP contribution in [-0.2, 0) is 4.79 Å². The number of aromatic nitrogens is 3. The molecule has 1 aliphatic heterocycles. The van der Waals surface area contributed by atoms with Gasteiger partial charge in [-0.1, -0.05) is 30.3 Å². The molecule has 0 radical (unpaired) electrons. The lowest BCUT2D eigenvalue weighted by molar-refractivity contribution is -0.117. The van der Waals surface area contributed by atoms with Gasteiger partial charge in [0.2, 0.25) is 17.8 Å². The molecule has 0 fully saturated rings. The Morgan fingerprint density at radius 1 is 1.35 bits per heavy atom. The van der Waals surface area contributed by atoms with E-state index in [1.54, 1.807) is 4.68 Å². The topological polar surface area (TPSA) is 85.8 Å². The van der Waals surface area contributed by atoms with Gasteiger partial charge in [0.15, 0.2) is 0 Å². The van der Waals surface area contributed by atoms with Crippen molar-refractivity contribution in [2.24, 2.45) is 0 Å². The van der Waals surface area contributed by atoms with Crippen LogP contribution in [0.25, 0.3) is 0 Å². The SMILES string of the molecule is Nc1nc2n(n1)[C@H](c1ccccc1)CC(=O)N2. The number of hydrogen-bond donors (Lipinski definition) is 2. The average molecular weight is 229 g/mol. The van der Waals surface area contributed by atoms with Crippen LogP contribution in [0, 0.1) is 0 Å². The second kappa shape index (κ2) is 3.58. The van der Waals surface area contributed by atoms with Crippen LogP contribution in [-0.4, -0.2) is 20.7 Å². The lowest BCUT2D eigenvalue weighted by Gasteiger charge is -2.23. The minimum atomic E-state index is -0.134. The molecule has 2 heterocycles. The fourth-order valence-electron chi connectivity index (χ4n) is 2.01. The van der Waals surface area contributed by atoms with Gasteiger partial charge in [0.1, 0.15) is 0 Å². The Morgan fingerprint density at radius 2 is 2.12 bits per heavy atom. The highest BCUT2D eigenvalue weighted by atomic mass is 16.2. The van der Waals surface area contributed by atoms with Gasteiger partial charge in [-0.15, -0.1) is 5.10 Å². The Morgan fingerprint density at radius 3 is 2.88 bits per heavy atom. The van der Waals surface area contributed by atoms with Crippen LogP contribution in [0.5, 0.6) is 0 Å². The first-order valence-corrected chi connectivity index (χ1v) is 5.31. The highest BCUT2D eigenvalue weighted by Gasteiger charge is 2.28. The Kier molecular flexibility index (Phi) is 2.07. The molecule has 1 aromatic carbocycles. The zero-order valence-corrected chi connectivity index (χ0v) is 9.00. The van der Waals surface area contributed by atoms with Gasteiger partial charge in [-0.2, -0.15) is 4.98 Å². The molecule has 1 atom stereocenters. The summed E-state index contributed by atoms with van der Waals surface area (Å²) in [6.07, 6.45) is 0.347. The molecule has 6 heteroatoms. The van der Waals surface area contributed by atoms with Crippen LogP contribution in [0.15, 0.2) is 30.3 Å². The number of rotatable bonds is 1. The predicted octanol–water partition coefficient (Wildman–Crippen LogP) is 0.792. The minimum Gasteiger partial charge on any atom is -0.366 e. The summed E-state index contributed by atoms with van der Waals surface area (Å²) in [5.41, 5.74) is 6.57. The molecular formula is C11H11N5O. The van der Waals surface area contributed by atoms with Gasteiger partial charge >= 0.3 is 0 Å². The summed E-state index contributed by atoms with van der Waals surface area (Å²) < 4.78 is 1.66. The molecule has 0 aliphatic carbocycles. The zero-order valence-electron chi connectivity index (χ0n) is 9.00. The van der Waals surface area contributed by atoms with Gasteiger partial charge in [-0.05, 0) is 5.56 Å². The summed E-state index contributed by atoms with van der Waals surface area (Å²) in [6, 6.07) is 9.59. The second-order valence-corrected chi connectivity index (χ2v) is 3.92. The van der Waals surface area contributed by atoms with E-state index in [1.165, 1.54) is 0 Å². The van der Waals surface area contributed by atoms with E-state index in [0.717, 1.165) is 5.56 Å². The fraction of sp³-hybridized carbons (Fsp3) is 0.182. The van der Waals surface area contributed by atoms with Crippen LogP contribution >= 0.6 is 0 Å². The van der Waals surface area contributed by atoms with E-state index in [1.807, 2.05) is 30.3 Å². The van der Waals surface area contributed by atoms with Crippen molar-refractivity contribution in [3.05, 3.63) is 35.9 Å². The first-order chi connectivity index (χ1) is 8.24. The highest BCUT2D eigenvalue weighted by Crippen LogP contribution is 2.28. The number of amides is 1. The maximum absolute atomic E-state index is 11.6. The van der Waals surface area contributed by atoms with E-state index >= 15 is 0 Å². The molecule has 1 amide bonds. The molecule has 0 saturated heterocycles. The third-order valence-corrected chi connectivity index (χ3v) is 2.76. The number of fused-ring (bicyclic) bond motifs is 1. The number of anilines is 2. The van der Waals surface area contributed by atoms with Gasteiger partial charge in [0, 0.05) is 0 Å². The molecule has 0 saturated carbocycles. The summed E-state index contributed by atoms with van der Waals surface area (Å²) in [5.74, 6) is 0.509. The smallest absolute Gasteiger partial charge is 0.241 e. The maximum Gasteiger partial charge on any atom is 0.241 e. The quantitative estimate of drug-likeness (QED) is 0.757. The van der Waals surface area contributed by atoms with Crippen LogP contribution in [0.2, 0.25) is 0 Å². The number of carbonyl (C=O) groups is 1. The Balaban J connectivity index is 2.09. The van der Waals surface area contributed by atoms with Crippen molar-refractivity contribution in [1.29, 1.82) is 0 Å². The molecule has 0 unspecified atom stereocenters. The highest BCUT2D eigenvalue weighted by molar-refractivity contribution is 5.91. The lowest BCUT2D eigenvalue weighted by atomic mass is 10.0. The van der Waals surface area contributed by atoms with Crippen molar-refractivity contribution in [3.63, 3.8) is 0 Å². The van der Waals surface area contributed by atoms with E-state index in [-0.39, 0.29) is 17.9 Å². The number of benzene rings is 1. The van der Waals surface area contributed by atoms with Gasteiger partial charge < -0.3 is 5.73 Å². The molecule has 1 aliphatic rings. The number of nitrogen functional groups attached to an aromatic ring is 1. The number of nitrogens with zero attached hydrogens (tertiary/aromatic N) is 3. The molecule has 1 aromatic heterocycles. The monoisotopic (exact) mass is 229 g/mol. The molecular weight excluding hydrogens is 218 g/mol. The van der Waals surface area contributed by atoms with Crippen molar-refractivity contribution in [1.82, 2.24) is 14.8 Å². The van der Waals surface area contributed by atoms with E-state index in [9.17, 15) is 4.79 Å². The average Bonchev–Trinajstić information content (AvgIpc) is 2.69. The van der Waals surface area contributed by atoms with Crippen LogP contribution in [0.3, 0.4) is 0 Å². The van der Waals surface area contributed by atoms with Gasteiger partial charge in [-0.3, -0.25) is 10.1 Å². The van der Waals surface area contributed by atoms with E-state index in [2.05, 4.69) is 15.4 Å². The minimum absolute atomic E-state index is 0.0706. The number of carbonyl (C=O) groups excluding carboxylic acids is 1. The third-order valence-electron chi connectivity index (χ3n) is 2.76. The zero-order chi connectivity index (χ0) is 11.8. The molecule has 0 bridgehead atoms. The Hall–Kier alpha value is -2.37. The van der Waals surface area contributed by atoms with Crippen molar-refractivity contribution < 1.29 is 4.79 Å².